The summed E-state index contributed by atoms with van der Waals surface area (Å²) in [4.78, 5) is 5.26. The molecule has 0 spiro atoms. The molecule has 0 unspecified atom stereocenters. The van der Waals surface area contributed by atoms with E-state index in [0.29, 0.717) is 0 Å². The van der Waals surface area contributed by atoms with E-state index in [0.717, 1.165) is 28.1 Å². The van der Waals surface area contributed by atoms with Crippen molar-refractivity contribution in [2.24, 2.45) is 0 Å². The molecular weight excluding hydrogens is 641 g/mol. The Morgan fingerprint density at radius 1 is 0.302 bits per heavy atom. The van der Waals surface area contributed by atoms with Crippen LogP contribution in [0.5, 0.6) is 0 Å². The van der Waals surface area contributed by atoms with E-state index in [9.17, 15) is 0 Å². The summed E-state index contributed by atoms with van der Waals surface area (Å²) in [6, 6.07) is 74.1. The van der Waals surface area contributed by atoms with Crippen LogP contribution in [0, 0.1) is 0 Å². The van der Waals surface area contributed by atoms with Gasteiger partial charge in [-0.2, -0.15) is 0 Å². The topological polar surface area (TPSA) is 17.8 Å². The van der Waals surface area contributed by atoms with Gasteiger partial charge in [0.25, 0.3) is 0 Å². The maximum atomic E-state index is 5.26. The summed E-state index contributed by atoms with van der Waals surface area (Å²) in [6.45, 7) is 0. The fourth-order valence-corrected chi connectivity index (χ4v) is 7.92. The van der Waals surface area contributed by atoms with Crippen LogP contribution in [0.3, 0.4) is 0 Å². The molecule has 2 nitrogen and oxygen atoms in total. The summed E-state index contributed by atoms with van der Waals surface area (Å²) in [7, 11) is 0. The van der Waals surface area contributed by atoms with E-state index in [2.05, 4.69) is 211 Å². The molecule has 0 saturated heterocycles. The highest BCUT2D eigenvalue weighted by molar-refractivity contribution is 6.22. The summed E-state index contributed by atoms with van der Waals surface area (Å²) in [6.07, 6.45) is 0. The summed E-state index contributed by atoms with van der Waals surface area (Å²) in [5.41, 5.74) is 13.9. The molecule has 1 heterocycles. The monoisotopic (exact) mass is 674 g/mol. The first kappa shape index (κ1) is 30.8. The number of hydrogen-bond donors (Lipinski definition) is 0. The second-order valence-electron chi connectivity index (χ2n) is 13.5. The van der Waals surface area contributed by atoms with Gasteiger partial charge in [-0.25, -0.2) is 4.98 Å². The lowest BCUT2D eigenvalue weighted by Crippen LogP contribution is -1.98. The Bertz CT molecular complexity index is 2890. The third-order valence-electron chi connectivity index (χ3n) is 10.4. The zero-order chi connectivity index (χ0) is 35.1. The van der Waals surface area contributed by atoms with Gasteiger partial charge in [0.2, 0.25) is 0 Å². The molecule has 0 amide bonds. The minimum absolute atomic E-state index is 0.923. The maximum Gasteiger partial charge on any atom is 0.145 e. The van der Waals surface area contributed by atoms with E-state index in [1.54, 1.807) is 0 Å². The van der Waals surface area contributed by atoms with Gasteiger partial charge < -0.3 is 0 Å². The lowest BCUT2D eigenvalue weighted by molar-refractivity contribution is 1.10. The van der Waals surface area contributed by atoms with Crippen molar-refractivity contribution in [1.82, 2.24) is 9.55 Å². The molecule has 0 radical (unpaired) electrons. The van der Waals surface area contributed by atoms with Crippen LogP contribution in [0.4, 0.5) is 0 Å². The zero-order valence-electron chi connectivity index (χ0n) is 29.0. The van der Waals surface area contributed by atoms with Gasteiger partial charge in [-0.3, -0.25) is 4.57 Å². The molecule has 9 aromatic carbocycles. The number of para-hydroxylation sites is 3. The summed E-state index contributed by atoms with van der Waals surface area (Å²) in [5, 5.41) is 4.87. The molecule has 1 aromatic heterocycles. The van der Waals surface area contributed by atoms with Crippen LogP contribution in [0.1, 0.15) is 0 Å². The van der Waals surface area contributed by atoms with Gasteiger partial charge in [-0.1, -0.05) is 176 Å². The first-order valence-corrected chi connectivity index (χ1v) is 18.1. The first-order chi connectivity index (χ1) is 26.3. The molecular formula is C51H34N2. The van der Waals surface area contributed by atoms with Crippen molar-refractivity contribution in [3.8, 4) is 61.6 Å². The Labute approximate surface area is 308 Å². The van der Waals surface area contributed by atoms with E-state index in [-0.39, 0.29) is 0 Å². The highest BCUT2D eigenvalue weighted by Crippen LogP contribution is 2.45. The van der Waals surface area contributed by atoms with E-state index in [4.69, 9.17) is 4.98 Å². The molecule has 0 aliphatic heterocycles. The highest BCUT2D eigenvalue weighted by atomic mass is 15.1. The average molecular weight is 675 g/mol. The van der Waals surface area contributed by atoms with Gasteiger partial charge in [0.1, 0.15) is 5.82 Å². The molecule has 0 bridgehead atoms. The molecule has 10 aromatic rings. The van der Waals surface area contributed by atoms with Crippen LogP contribution in [-0.4, -0.2) is 9.55 Å². The SMILES string of the molecule is c1ccc(-c2ccc(-c3c4ccccc4c(-c4ccc(-c5ccccc5)cc4)c4cc(-c5nc6ccccc6n5-c5ccccc5)ccc34)cc2)cc1. The van der Waals surface area contributed by atoms with E-state index >= 15 is 0 Å². The third kappa shape index (κ3) is 5.40. The van der Waals surface area contributed by atoms with E-state index < -0.39 is 0 Å². The second-order valence-corrected chi connectivity index (χ2v) is 13.5. The lowest BCUT2D eigenvalue weighted by Gasteiger charge is -2.19. The number of rotatable bonds is 6. The van der Waals surface area contributed by atoms with Gasteiger partial charge in [-0.05, 0) is 96.4 Å². The lowest BCUT2D eigenvalue weighted by atomic mass is 9.84. The predicted octanol–water partition coefficient (Wildman–Crippen LogP) is 13.7. The maximum absolute atomic E-state index is 5.26. The van der Waals surface area contributed by atoms with Crippen molar-refractivity contribution in [1.29, 1.82) is 0 Å². The van der Waals surface area contributed by atoms with Crippen molar-refractivity contribution in [3.63, 3.8) is 0 Å². The van der Waals surface area contributed by atoms with Crippen LogP contribution in [0.2, 0.25) is 0 Å². The number of nitrogens with zero attached hydrogens (tertiary/aromatic N) is 2. The Morgan fingerprint density at radius 3 is 1.30 bits per heavy atom. The molecule has 53 heavy (non-hydrogen) atoms. The Kier molecular flexibility index (Phi) is 7.51. The van der Waals surface area contributed by atoms with Gasteiger partial charge >= 0.3 is 0 Å². The summed E-state index contributed by atoms with van der Waals surface area (Å²) < 4.78 is 2.29. The van der Waals surface area contributed by atoms with E-state index in [1.165, 1.54) is 66.1 Å². The van der Waals surface area contributed by atoms with Gasteiger partial charge in [0.05, 0.1) is 11.0 Å². The minimum atomic E-state index is 0.923. The average Bonchev–Trinajstić information content (AvgIpc) is 3.64. The van der Waals surface area contributed by atoms with Crippen LogP contribution < -0.4 is 0 Å². The predicted molar refractivity (Wildman–Crippen MR) is 223 cm³/mol. The number of benzene rings is 9. The largest absolute Gasteiger partial charge is 0.292 e. The standard InChI is InChI=1S/C51H34N2/c1-4-14-35(15-5-1)37-24-28-39(29-25-37)49-43-20-10-11-21-44(43)50(40-30-26-38(27-31-40)36-16-6-2-7-17-36)46-34-41(32-33-45(46)49)51-52-47-22-12-13-23-48(47)53(51)42-18-8-3-9-19-42/h1-34H. The van der Waals surface area contributed by atoms with Crippen molar-refractivity contribution < 1.29 is 0 Å². The molecule has 10 rings (SSSR count). The zero-order valence-corrected chi connectivity index (χ0v) is 29.0. The molecule has 248 valence electrons. The highest BCUT2D eigenvalue weighted by Gasteiger charge is 2.20. The number of fused-ring (bicyclic) bond motifs is 3. The van der Waals surface area contributed by atoms with Gasteiger partial charge in [0.15, 0.2) is 0 Å². The molecule has 0 N–H and O–H groups in total. The van der Waals surface area contributed by atoms with Crippen LogP contribution in [0.15, 0.2) is 206 Å². The van der Waals surface area contributed by atoms with Crippen LogP contribution in [0.25, 0.3) is 94.2 Å². The summed E-state index contributed by atoms with van der Waals surface area (Å²) in [5.74, 6) is 0.923. The van der Waals surface area contributed by atoms with Crippen LogP contribution in [-0.2, 0) is 0 Å². The molecule has 0 saturated carbocycles. The molecule has 0 fully saturated rings. The van der Waals surface area contributed by atoms with E-state index in [1.807, 2.05) is 0 Å². The fourth-order valence-electron chi connectivity index (χ4n) is 7.92. The van der Waals surface area contributed by atoms with Crippen LogP contribution >= 0.6 is 0 Å². The Morgan fingerprint density at radius 2 is 0.717 bits per heavy atom. The first-order valence-electron chi connectivity index (χ1n) is 18.1. The molecule has 0 aliphatic carbocycles. The summed E-state index contributed by atoms with van der Waals surface area (Å²) >= 11 is 0. The van der Waals surface area contributed by atoms with Crippen molar-refractivity contribution in [2.75, 3.05) is 0 Å². The number of imidazole rings is 1. The fraction of sp³-hybridized carbons (Fsp3) is 0. The number of hydrogen-bond acceptors (Lipinski definition) is 1. The second kappa shape index (κ2) is 12.9. The normalized spacial score (nSPS) is 11.4. The van der Waals surface area contributed by atoms with Gasteiger partial charge in [0, 0.05) is 11.3 Å². The molecule has 2 heteroatoms. The van der Waals surface area contributed by atoms with Crippen molar-refractivity contribution in [3.05, 3.63) is 206 Å². The quantitative estimate of drug-likeness (QED) is 0.161. The van der Waals surface area contributed by atoms with Crippen molar-refractivity contribution in [2.45, 2.75) is 0 Å². The Balaban J connectivity index is 1.24. The van der Waals surface area contributed by atoms with Gasteiger partial charge in [-0.15, -0.1) is 0 Å². The molecule has 0 atom stereocenters. The number of aromatic nitrogens is 2. The minimum Gasteiger partial charge on any atom is -0.292 e. The molecule has 0 aliphatic rings. The van der Waals surface area contributed by atoms with Crippen molar-refractivity contribution >= 4 is 32.6 Å². The third-order valence-corrected chi connectivity index (χ3v) is 10.4. The smallest absolute Gasteiger partial charge is 0.145 e. The Hall–Kier alpha value is -7.03.